The molecule has 0 aliphatic heterocycles. The molecule has 0 radical (unpaired) electrons. The second-order valence-corrected chi connectivity index (χ2v) is 18.2. The van der Waals surface area contributed by atoms with E-state index in [2.05, 4.69) is 56.3 Å². The van der Waals surface area contributed by atoms with E-state index in [-0.39, 0.29) is 22.2 Å². The zero-order valence-corrected chi connectivity index (χ0v) is 28.2. The van der Waals surface area contributed by atoms with Crippen molar-refractivity contribution in [3.05, 3.63) is 137 Å². The number of non-ortho nitro benzene ring substituents is 1. The average molecular weight is 644 g/mol. The van der Waals surface area contributed by atoms with E-state index in [1.807, 2.05) is 55.4 Å². The first-order chi connectivity index (χ1) is 21.3. The van der Waals surface area contributed by atoms with Crippen LogP contribution in [0.5, 0.6) is 0 Å². The molecule has 236 valence electrons. The lowest BCUT2D eigenvalue weighted by Crippen LogP contribution is -2.67. The Kier molecular flexibility index (Phi) is 10.6. The van der Waals surface area contributed by atoms with Crippen molar-refractivity contribution in [1.82, 2.24) is 9.62 Å². The highest BCUT2D eigenvalue weighted by Crippen LogP contribution is 2.37. The highest BCUT2D eigenvalue weighted by molar-refractivity contribution is 7.89. The van der Waals surface area contributed by atoms with E-state index in [9.17, 15) is 18.5 Å². The molecule has 4 aromatic rings. The van der Waals surface area contributed by atoms with Gasteiger partial charge in [0.1, 0.15) is 0 Å². The van der Waals surface area contributed by atoms with Crippen LogP contribution in [0.15, 0.2) is 121 Å². The standard InChI is InChI=1S/C35H41N3O5SSi/c1-7-27-18-24-30(25-19-27)44(41,42)36-34(28-20-22-29(23-21-28)38(39)40)33(37(5)6)26-43-45(35(2,3)4,31-14-10-8-11-15-31)32-16-12-9-13-17-32/h7-25,33-34,36H,1,26H2,2-6H3/t33-,34+/m0/s1. The topological polar surface area (TPSA) is 102 Å². The van der Waals surface area contributed by atoms with Crippen molar-refractivity contribution in [2.24, 2.45) is 0 Å². The minimum atomic E-state index is -4.01. The molecule has 0 aliphatic rings. The van der Waals surface area contributed by atoms with Crippen LogP contribution in [0.3, 0.4) is 0 Å². The van der Waals surface area contributed by atoms with Crippen molar-refractivity contribution >= 4 is 40.5 Å². The quantitative estimate of drug-likeness (QED) is 0.113. The fraction of sp³-hybridized carbons (Fsp3) is 0.257. The minimum Gasteiger partial charge on any atom is -0.406 e. The van der Waals surface area contributed by atoms with Gasteiger partial charge >= 0.3 is 0 Å². The van der Waals surface area contributed by atoms with Gasteiger partial charge in [-0.1, -0.05) is 118 Å². The summed E-state index contributed by atoms with van der Waals surface area (Å²) < 4.78 is 37.8. The SMILES string of the molecule is C=Cc1ccc(S(=O)(=O)N[C@H](c2ccc([N+](=O)[O-])cc2)[C@H](CO[Si](c2ccccc2)(c2ccccc2)C(C)(C)C)N(C)C)cc1. The number of hydrogen-bond donors (Lipinski definition) is 1. The summed E-state index contributed by atoms with van der Waals surface area (Å²) in [7, 11) is -3.22. The maximum Gasteiger partial charge on any atom is 0.269 e. The zero-order valence-electron chi connectivity index (χ0n) is 26.4. The third-order valence-corrected chi connectivity index (χ3v) is 14.6. The minimum absolute atomic E-state index is 0.0784. The summed E-state index contributed by atoms with van der Waals surface area (Å²) in [5, 5.41) is 13.4. The van der Waals surface area contributed by atoms with Crippen molar-refractivity contribution < 1.29 is 17.8 Å². The third kappa shape index (κ3) is 7.49. The van der Waals surface area contributed by atoms with E-state index in [0.717, 1.165) is 15.9 Å². The molecule has 0 amide bonds. The van der Waals surface area contributed by atoms with Crippen LogP contribution in [0.25, 0.3) is 6.08 Å². The average Bonchev–Trinajstić information content (AvgIpc) is 3.02. The van der Waals surface area contributed by atoms with E-state index in [1.54, 1.807) is 30.3 Å². The molecule has 0 unspecified atom stereocenters. The Morgan fingerprint density at radius 3 is 1.82 bits per heavy atom. The summed E-state index contributed by atoms with van der Waals surface area (Å²) >= 11 is 0. The number of nitro benzene ring substituents is 1. The monoisotopic (exact) mass is 643 g/mol. The number of hydrogen-bond acceptors (Lipinski definition) is 6. The highest BCUT2D eigenvalue weighted by Gasteiger charge is 2.51. The Morgan fingerprint density at radius 1 is 0.889 bits per heavy atom. The Morgan fingerprint density at radius 2 is 1.40 bits per heavy atom. The van der Waals surface area contributed by atoms with Crippen molar-refractivity contribution in [1.29, 1.82) is 0 Å². The van der Waals surface area contributed by atoms with E-state index in [1.165, 1.54) is 24.3 Å². The molecule has 0 aliphatic carbocycles. The number of benzene rings is 4. The van der Waals surface area contributed by atoms with E-state index in [4.69, 9.17) is 4.43 Å². The third-order valence-electron chi connectivity index (χ3n) is 8.11. The normalized spacial score (nSPS) is 13.7. The molecule has 0 spiro atoms. The summed E-state index contributed by atoms with van der Waals surface area (Å²) in [6.45, 7) is 10.5. The van der Waals surface area contributed by atoms with Crippen molar-refractivity contribution in [3.8, 4) is 0 Å². The van der Waals surface area contributed by atoms with Crippen molar-refractivity contribution in [2.75, 3.05) is 20.7 Å². The first-order valence-corrected chi connectivity index (χ1v) is 18.1. The Balaban J connectivity index is 1.82. The maximum absolute atomic E-state index is 13.8. The predicted molar refractivity (Wildman–Crippen MR) is 184 cm³/mol. The van der Waals surface area contributed by atoms with E-state index in [0.29, 0.717) is 5.56 Å². The molecule has 0 saturated heterocycles. The molecule has 10 heteroatoms. The Bertz CT molecular complexity index is 1650. The van der Waals surface area contributed by atoms with Gasteiger partial charge in [0, 0.05) is 12.1 Å². The molecular formula is C35H41N3O5SSi. The first-order valence-electron chi connectivity index (χ1n) is 14.7. The molecule has 1 N–H and O–H groups in total. The molecule has 0 bridgehead atoms. The van der Waals surface area contributed by atoms with Gasteiger partial charge in [0.2, 0.25) is 10.0 Å². The van der Waals surface area contributed by atoms with Gasteiger partial charge in [0.15, 0.2) is 0 Å². The van der Waals surface area contributed by atoms with Crippen molar-refractivity contribution in [2.45, 2.75) is 42.8 Å². The summed E-state index contributed by atoms with van der Waals surface area (Å²) in [5.74, 6) is 0. The molecule has 0 fully saturated rings. The van der Waals surface area contributed by atoms with Crippen LogP contribution in [-0.4, -0.2) is 53.3 Å². The van der Waals surface area contributed by atoms with Crippen LogP contribution < -0.4 is 15.1 Å². The smallest absolute Gasteiger partial charge is 0.269 e. The van der Waals surface area contributed by atoms with Crippen LogP contribution in [-0.2, 0) is 14.4 Å². The van der Waals surface area contributed by atoms with Gasteiger partial charge in [-0.2, -0.15) is 0 Å². The van der Waals surface area contributed by atoms with Gasteiger partial charge in [0.25, 0.3) is 14.0 Å². The van der Waals surface area contributed by atoms with Crippen LogP contribution in [0, 0.1) is 10.1 Å². The zero-order chi connectivity index (χ0) is 32.8. The predicted octanol–water partition coefficient (Wildman–Crippen LogP) is 5.76. The molecule has 8 nitrogen and oxygen atoms in total. The van der Waals surface area contributed by atoms with Crippen molar-refractivity contribution in [3.63, 3.8) is 0 Å². The molecule has 4 aromatic carbocycles. The fourth-order valence-corrected chi connectivity index (χ4v) is 11.5. The highest BCUT2D eigenvalue weighted by atomic mass is 32.2. The number of sulfonamides is 1. The Hall–Kier alpha value is -3.93. The molecular weight excluding hydrogens is 603 g/mol. The lowest BCUT2D eigenvalue weighted by Gasteiger charge is -2.45. The molecule has 0 heterocycles. The fourth-order valence-electron chi connectivity index (χ4n) is 5.71. The maximum atomic E-state index is 13.8. The van der Waals surface area contributed by atoms with Gasteiger partial charge in [-0.15, -0.1) is 0 Å². The molecule has 0 saturated carbocycles. The van der Waals surface area contributed by atoms with Gasteiger partial charge in [-0.05, 0) is 52.8 Å². The molecule has 0 aromatic heterocycles. The number of nitro groups is 1. The van der Waals surface area contributed by atoms with Crippen LogP contribution in [0.2, 0.25) is 5.04 Å². The van der Waals surface area contributed by atoms with Gasteiger partial charge in [-0.25, -0.2) is 13.1 Å². The summed E-state index contributed by atoms with van der Waals surface area (Å²) in [4.78, 5) is 13.0. The van der Waals surface area contributed by atoms with Crippen LogP contribution >= 0.6 is 0 Å². The summed E-state index contributed by atoms with van der Waals surface area (Å²) in [5.41, 5.74) is 1.30. The summed E-state index contributed by atoms with van der Waals surface area (Å²) in [6, 6.07) is 31.6. The van der Waals surface area contributed by atoms with Crippen LogP contribution in [0.4, 0.5) is 5.69 Å². The van der Waals surface area contributed by atoms with Crippen LogP contribution in [0.1, 0.15) is 37.9 Å². The first kappa shape index (κ1) is 33.9. The second-order valence-electron chi connectivity index (χ2n) is 12.2. The van der Waals surface area contributed by atoms with E-state index >= 15 is 0 Å². The van der Waals surface area contributed by atoms with Gasteiger partial charge in [0.05, 0.1) is 28.5 Å². The van der Waals surface area contributed by atoms with Gasteiger partial charge < -0.3 is 9.33 Å². The Labute approximate surface area is 267 Å². The number of nitrogens with one attached hydrogen (secondary N) is 1. The van der Waals surface area contributed by atoms with E-state index < -0.39 is 35.3 Å². The number of nitrogens with zero attached hydrogens (tertiary/aromatic N) is 2. The largest absolute Gasteiger partial charge is 0.406 e. The lowest BCUT2D eigenvalue weighted by molar-refractivity contribution is -0.384. The second kappa shape index (κ2) is 14.0. The molecule has 45 heavy (non-hydrogen) atoms. The van der Waals surface area contributed by atoms with Gasteiger partial charge in [-0.3, -0.25) is 10.1 Å². The molecule has 4 rings (SSSR count). The number of likely N-dealkylation sites (N-methyl/N-ethyl adjacent to an activating group) is 1. The molecule has 2 atom stereocenters. The lowest BCUT2D eigenvalue weighted by atomic mass is 9.99. The number of rotatable bonds is 13. The summed E-state index contributed by atoms with van der Waals surface area (Å²) in [6.07, 6.45) is 1.65.